The first-order chi connectivity index (χ1) is 11.6. The van der Waals surface area contributed by atoms with Crippen LogP contribution in [0.25, 0.3) is 0 Å². The fourth-order valence-electron chi connectivity index (χ4n) is 3.26. The Bertz CT molecular complexity index is 605. The van der Waals surface area contributed by atoms with E-state index in [1.807, 2.05) is 22.6 Å². The van der Waals surface area contributed by atoms with E-state index in [1.165, 1.54) is 13.5 Å². The number of aromatic nitrogens is 2. The predicted octanol–water partition coefficient (Wildman–Crippen LogP) is 1.07. The number of amides is 2. The van der Waals surface area contributed by atoms with E-state index in [9.17, 15) is 9.59 Å². The highest BCUT2D eigenvalue weighted by Gasteiger charge is 2.31. The van der Waals surface area contributed by atoms with Crippen molar-refractivity contribution >= 4 is 11.8 Å². The zero-order valence-corrected chi connectivity index (χ0v) is 14.5. The molecule has 1 fully saturated rings. The minimum atomic E-state index is -0.419. The van der Waals surface area contributed by atoms with Crippen LogP contribution in [0.3, 0.4) is 0 Å². The molecule has 0 radical (unpaired) electrons. The van der Waals surface area contributed by atoms with Gasteiger partial charge in [0.2, 0.25) is 11.8 Å². The van der Waals surface area contributed by atoms with Crippen molar-refractivity contribution in [1.82, 2.24) is 20.0 Å². The fraction of sp³-hybridized carbons (Fsp3) is 0.706. The smallest absolute Gasteiger partial charge is 0.249 e. The molecule has 0 bridgehead atoms. The van der Waals surface area contributed by atoms with Gasteiger partial charge in [0.1, 0.15) is 6.10 Å². The predicted molar refractivity (Wildman–Crippen MR) is 87.9 cm³/mol. The average molecular weight is 334 g/mol. The summed E-state index contributed by atoms with van der Waals surface area (Å²) in [7, 11) is 1.54. The van der Waals surface area contributed by atoms with Crippen LogP contribution in [0.1, 0.15) is 44.0 Å². The molecule has 132 valence electrons. The van der Waals surface area contributed by atoms with Crippen LogP contribution >= 0.6 is 0 Å². The Hall–Kier alpha value is -1.89. The summed E-state index contributed by atoms with van der Waals surface area (Å²) in [5, 5.41) is 7.39. The lowest BCUT2D eigenvalue weighted by atomic mass is 9.84. The lowest BCUT2D eigenvalue weighted by Crippen LogP contribution is -2.43. The van der Waals surface area contributed by atoms with Gasteiger partial charge in [-0.05, 0) is 25.3 Å². The summed E-state index contributed by atoms with van der Waals surface area (Å²) >= 11 is 0. The molecule has 1 N–H and O–H groups in total. The van der Waals surface area contributed by atoms with Crippen molar-refractivity contribution in [3.63, 3.8) is 0 Å². The number of carbonyl (C=O) groups excluding carboxylic acids is 2. The first-order valence-corrected chi connectivity index (χ1v) is 8.77. The lowest BCUT2D eigenvalue weighted by molar-refractivity contribution is -0.139. The van der Waals surface area contributed by atoms with Crippen molar-refractivity contribution in [1.29, 1.82) is 0 Å². The van der Waals surface area contributed by atoms with Gasteiger partial charge in [-0.25, -0.2) is 0 Å². The summed E-state index contributed by atoms with van der Waals surface area (Å²) in [4.78, 5) is 26.3. The van der Waals surface area contributed by atoms with Crippen molar-refractivity contribution in [3.05, 3.63) is 17.5 Å². The molecule has 1 aromatic rings. The maximum Gasteiger partial charge on any atom is 0.249 e. The molecule has 1 atom stereocenters. The zero-order valence-electron chi connectivity index (χ0n) is 14.5. The normalized spacial score (nSPS) is 18.7. The third-order valence-corrected chi connectivity index (χ3v) is 5.01. The molecule has 0 aromatic carbocycles. The van der Waals surface area contributed by atoms with Crippen LogP contribution in [-0.4, -0.2) is 46.3 Å². The second kappa shape index (κ2) is 7.34. The van der Waals surface area contributed by atoms with Gasteiger partial charge in [0.25, 0.3) is 0 Å². The average Bonchev–Trinajstić information content (AvgIpc) is 2.94. The first kappa shape index (κ1) is 17.0. The maximum atomic E-state index is 12.4. The number of rotatable bonds is 6. The van der Waals surface area contributed by atoms with E-state index in [2.05, 4.69) is 10.4 Å². The Balaban J connectivity index is 1.57. The number of ether oxygens (including phenoxy) is 1. The number of hydrogen-bond donors (Lipinski definition) is 1. The van der Waals surface area contributed by atoms with Gasteiger partial charge in [0, 0.05) is 19.6 Å². The van der Waals surface area contributed by atoms with Gasteiger partial charge >= 0.3 is 0 Å². The van der Waals surface area contributed by atoms with Gasteiger partial charge < -0.3 is 15.0 Å². The van der Waals surface area contributed by atoms with Crippen molar-refractivity contribution in [3.8, 4) is 0 Å². The largest absolute Gasteiger partial charge is 0.372 e. The third kappa shape index (κ3) is 3.45. The summed E-state index contributed by atoms with van der Waals surface area (Å²) in [6, 6.07) is 1.98. The molecule has 1 aliphatic carbocycles. The summed E-state index contributed by atoms with van der Waals surface area (Å²) in [5.74, 6) is 0.403. The van der Waals surface area contributed by atoms with Gasteiger partial charge in [-0.3, -0.25) is 14.3 Å². The Morgan fingerprint density at radius 1 is 1.42 bits per heavy atom. The third-order valence-electron chi connectivity index (χ3n) is 5.01. The second-order valence-electron chi connectivity index (χ2n) is 6.59. The molecule has 2 aliphatic rings. The number of nitrogens with one attached hydrogen (secondary N) is 1. The van der Waals surface area contributed by atoms with Gasteiger partial charge in [-0.1, -0.05) is 13.3 Å². The number of hydrogen-bond acceptors (Lipinski definition) is 4. The SMILES string of the molecule is CC[C@H](OC)C(=O)NCc1cc2n(n1)CCN(C(=O)C1CCC1)C2. The summed E-state index contributed by atoms with van der Waals surface area (Å²) < 4.78 is 7.07. The minimum Gasteiger partial charge on any atom is -0.372 e. The minimum absolute atomic E-state index is 0.118. The van der Waals surface area contributed by atoms with Crippen LogP contribution in [0, 0.1) is 5.92 Å². The Labute approximate surface area is 142 Å². The van der Waals surface area contributed by atoms with Gasteiger partial charge in [-0.2, -0.15) is 5.10 Å². The summed E-state index contributed by atoms with van der Waals surface area (Å²) in [5.41, 5.74) is 1.86. The quantitative estimate of drug-likeness (QED) is 0.844. The molecule has 7 heteroatoms. The molecule has 3 rings (SSSR count). The van der Waals surface area contributed by atoms with Crippen molar-refractivity contribution < 1.29 is 14.3 Å². The highest BCUT2D eigenvalue weighted by molar-refractivity contribution is 5.80. The van der Waals surface area contributed by atoms with Crippen molar-refractivity contribution in [2.75, 3.05) is 13.7 Å². The molecular weight excluding hydrogens is 308 g/mol. The van der Waals surface area contributed by atoms with E-state index in [4.69, 9.17) is 4.74 Å². The van der Waals surface area contributed by atoms with Crippen LogP contribution in [0.5, 0.6) is 0 Å². The van der Waals surface area contributed by atoms with Gasteiger partial charge in [-0.15, -0.1) is 0 Å². The van der Waals surface area contributed by atoms with E-state index in [0.29, 0.717) is 19.5 Å². The van der Waals surface area contributed by atoms with Crippen LogP contribution in [0.2, 0.25) is 0 Å². The highest BCUT2D eigenvalue weighted by atomic mass is 16.5. The molecule has 2 amide bonds. The zero-order chi connectivity index (χ0) is 17.1. The summed E-state index contributed by atoms with van der Waals surface area (Å²) in [6.07, 6.45) is 3.46. The van der Waals surface area contributed by atoms with E-state index >= 15 is 0 Å². The van der Waals surface area contributed by atoms with Gasteiger partial charge in [0.05, 0.1) is 31.0 Å². The molecule has 1 aromatic heterocycles. The lowest BCUT2D eigenvalue weighted by Gasteiger charge is -2.34. The number of carbonyl (C=O) groups is 2. The molecule has 0 saturated heterocycles. The molecule has 0 unspecified atom stereocenters. The number of nitrogens with zero attached hydrogens (tertiary/aromatic N) is 3. The van der Waals surface area contributed by atoms with Crippen molar-refractivity contribution in [2.24, 2.45) is 5.92 Å². The number of methoxy groups -OCH3 is 1. The number of fused-ring (bicyclic) bond motifs is 1. The topological polar surface area (TPSA) is 76.5 Å². The second-order valence-corrected chi connectivity index (χ2v) is 6.59. The van der Waals surface area contributed by atoms with E-state index in [-0.39, 0.29) is 17.7 Å². The van der Waals surface area contributed by atoms with E-state index in [1.54, 1.807) is 0 Å². The molecule has 1 aliphatic heterocycles. The van der Waals surface area contributed by atoms with Gasteiger partial charge in [0.15, 0.2) is 0 Å². The standard InChI is InChI=1S/C17H26N4O3/c1-3-15(24-2)16(22)18-10-13-9-14-11-20(7-8-21(14)19-13)17(23)12-5-4-6-12/h9,12,15H,3-8,10-11H2,1-2H3,(H,18,22)/t15-/m0/s1. The Kier molecular flexibility index (Phi) is 5.18. The van der Waals surface area contributed by atoms with E-state index in [0.717, 1.165) is 37.3 Å². The molecule has 1 saturated carbocycles. The van der Waals surface area contributed by atoms with Crippen LogP contribution in [-0.2, 0) is 34.0 Å². The fourth-order valence-corrected chi connectivity index (χ4v) is 3.26. The Morgan fingerprint density at radius 2 is 2.21 bits per heavy atom. The Morgan fingerprint density at radius 3 is 2.83 bits per heavy atom. The maximum absolute atomic E-state index is 12.4. The van der Waals surface area contributed by atoms with Crippen molar-refractivity contribution in [2.45, 2.75) is 58.3 Å². The molecular formula is C17H26N4O3. The molecule has 2 heterocycles. The van der Waals surface area contributed by atoms with Crippen LogP contribution in [0.15, 0.2) is 6.07 Å². The molecule has 24 heavy (non-hydrogen) atoms. The van der Waals surface area contributed by atoms with Crippen LogP contribution in [0.4, 0.5) is 0 Å². The molecule has 7 nitrogen and oxygen atoms in total. The molecule has 0 spiro atoms. The summed E-state index contributed by atoms with van der Waals surface area (Å²) in [6.45, 7) is 4.35. The van der Waals surface area contributed by atoms with Crippen LogP contribution < -0.4 is 5.32 Å². The highest BCUT2D eigenvalue weighted by Crippen LogP contribution is 2.29. The first-order valence-electron chi connectivity index (χ1n) is 8.77. The monoisotopic (exact) mass is 334 g/mol. The van der Waals surface area contributed by atoms with E-state index < -0.39 is 6.10 Å².